The van der Waals surface area contributed by atoms with Gasteiger partial charge in [-0.25, -0.2) is 0 Å². The topological polar surface area (TPSA) is 17.1 Å². The summed E-state index contributed by atoms with van der Waals surface area (Å²) in [5, 5.41) is 1.02. The van der Waals surface area contributed by atoms with Crippen LogP contribution in [0.15, 0.2) is 30.3 Å². The van der Waals surface area contributed by atoms with Crippen LogP contribution >= 0.6 is 7.80 Å². The van der Waals surface area contributed by atoms with Gasteiger partial charge in [0.1, 0.15) is 7.80 Å². The zero-order chi connectivity index (χ0) is 11.4. The Morgan fingerprint density at radius 1 is 1.12 bits per heavy atom. The molecule has 2 unspecified atom stereocenters. The second kappa shape index (κ2) is 5.59. The molecule has 16 heavy (non-hydrogen) atoms. The summed E-state index contributed by atoms with van der Waals surface area (Å²) in [7, 11) is -1.21. The first-order chi connectivity index (χ1) is 7.79. The van der Waals surface area contributed by atoms with E-state index in [1.807, 2.05) is 30.3 Å². The zero-order valence-electron chi connectivity index (χ0n) is 9.93. The predicted molar refractivity (Wildman–Crippen MR) is 69.7 cm³/mol. The Morgan fingerprint density at radius 2 is 1.75 bits per heavy atom. The molecule has 2 rings (SSSR count). The summed E-state index contributed by atoms with van der Waals surface area (Å²) < 4.78 is 12.4. The minimum Gasteiger partial charge on any atom is -0.282 e. The van der Waals surface area contributed by atoms with E-state index in [9.17, 15) is 4.57 Å². The summed E-state index contributed by atoms with van der Waals surface area (Å²) >= 11 is 0. The van der Waals surface area contributed by atoms with Gasteiger partial charge in [-0.1, -0.05) is 44.4 Å². The van der Waals surface area contributed by atoms with Crippen molar-refractivity contribution in [1.82, 2.24) is 0 Å². The van der Waals surface area contributed by atoms with Gasteiger partial charge in [0.2, 0.25) is 0 Å². The molecule has 2 atom stereocenters. The van der Waals surface area contributed by atoms with E-state index in [1.54, 1.807) is 0 Å². The van der Waals surface area contributed by atoms with E-state index < -0.39 is 7.80 Å². The fourth-order valence-corrected chi connectivity index (χ4v) is 4.24. The van der Waals surface area contributed by atoms with Crippen molar-refractivity contribution >= 4 is 13.1 Å². The van der Waals surface area contributed by atoms with E-state index in [-0.39, 0.29) is 0 Å². The molecule has 1 saturated carbocycles. The highest BCUT2D eigenvalue weighted by Crippen LogP contribution is 2.39. The molecule has 1 fully saturated rings. The molecule has 1 aliphatic carbocycles. The third-order valence-electron chi connectivity index (χ3n) is 3.71. The fraction of sp³-hybridized carbons (Fsp3) is 0.571. The Balaban J connectivity index is 2.04. The van der Waals surface area contributed by atoms with Crippen LogP contribution in [0.25, 0.3) is 0 Å². The second-order valence-corrected chi connectivity index (χ2v) is 6.78. The van der Waals surface area contributed by atoms with Crippen molar-refractivity contribution in [3.05, 3.63) is 30.3 Å². The van der Waals surface area contributed by atoms with Crippen molar-refractivity contribution in [2.24, 2.45) is 5.92 Å². The number of benzene rings is 1. The van der Waals surface area contributed by atoms with Gasteiger partial charge >= 0.3 is 0 Å². The van der Waals surface area contributed by atoms with Gasteiger partial charge in [0, 0.05) is 11.0 Å². The van der Waals surface area contributed by atoms with Gasteiger partial charge in [-0.15, -0.1) is 0 Å². The molecule has 0 aliphatic heterocycles. The molecule has 1 radical (unpaired) electrons. The van der Waals surface area contributed by atoms with Crippen molar-refractivity contribution in [3.8, 4) is 0 Å². The van der Waals surface area contributed by atoms with Gasteiger partial charge in [0.15, 0.2) is 0 Å². The Bertz CT molecular complexity index is 341. The van der Waals surface area contributed by atoms with Crippen LogP contribution in [0.1, 0.15) is 39.0 Å². The lowest BCUT2D eigenvalue weighted by Gasteiger charge is -2.26. The summed E-state index contributed by atoms with van der Waals surface area (Å²) in [6.45, 7) is 2.17. The maximum absolute atomic E-state index is 12.4. The second-order valence-electron chi connectivity index (χ2n) is 4.80. The maximum atomic E-state index is 12.4. The quantitative estimate of drug-likeness (QED) is 0.720. The average Bonchev–Trinajstić information content (AvgIpc) is 2.39. The Kier molecular flexibility index (Phi) is 4.12. The summed E-state index contributed by atoms with van der Waals surface area (Å²) in [5.41, 5.74) is 0.345. The first-order valence-electron chi connectivity index (χ1n) is 6.30. The van der Waals surface area contributed by atoms with Crippen LogP contribution in [-0.2, 0) is 4.57 Å². The minimum absolute atomic E-state index is 0.345. The number of hydrogen-bond acceptors (Lipinski definition) is 1. The maximum Gasteiger partial charge on any atom is 0.107 e. The molecule has 0 heterocycles. The first-order valence-corrected chi connectivity index (χ1v) is 7.63. The van der Waals surface area contributed by atoms with Crippen LogP contribution in [-0.4, -0.2) is 5.66 Å². The van der Waals surface area contributed by atoms with Gasteiger partial charge in [-0.05, 0) is 30.9 Å². The Labute approximate surface area is 99.0 Å². The lowest BCUT2D eigenvalue weighted by Crippen LogP contribution is -2.19. The molecule has 0 saturated heterocycles. The van der Waals surface area contributed by atoms with E-state index in [2.05, 4.69) is 6.92 Å². The summed E-state index contributed by atoms with van der Waals surface area (Å²) in [4.78, 5) is 0. The highest BCUT2D eigenvalue weighted by Gasteiger charge is 2.25. The molecule has 1 nitrogen and oxygen atoms in total. The zero-order valence-corrected chi connectivity index (χ0v) is 10.8. The molecular weight excluding hydrogens is 215 g/mol. The van der Waals surface area contributed by atoms with E-state index >= 15 is 0 Å². The predicted octanol–water partition coefficient (Wildman–Crippen LogP) is 4.11. The molecule has 0 N–H and O–H groups in total. The molecule has 87 valence electrons. The molecule has 0 aromatic heterocycles. The molecular formula is C14H20OP. The third-order valence-corrected chi connectivity index (χ3v) is 5.68. The molecule has 1 aromatic carbocycles. The van der Waals surface area contributed by atoms with Crippen molar-refractivity contribution in [2.45, 2.75) is 44.7 Å². The van der Waals surface area contributed by atoms with E-state index in [0.717, 1.165) is 5.30 Å². The minimum atomic E-state index is -1.21. The highest BCUT2D eigenvalue weighted by atomic mass is 31.1. The van der Waals surface area contributed by atoms with Gasteiger partial charge in [0.05, 0.1) is 0 Å². The van der Waals surface area contributed by atoms with Crippen LogP contribution in [0.3, 0.4) is 0 Å². The van der Waals surface area contributed by atoms with Crippen molar-refractivity contribution in [3.63, 3.8) is 0 Å². The first kappa shape index (κ1) is 11.8. The van der Waals surface area contributed by atoms with Crippen LogP contribution in [0.2, 0.25) is 0 Å². The van der Waals surface area contributed by atoms with E-state index in [1.165, 1.54) is 32.1 Å². The van der Waals surface area contributed by atoms with Gasteiger partial charge < -0.3 is 0 Å². The molecule has 2 heteroatoms. The average molecular weight is 235 g/mol. The standard InChI is InChI=1S/C14H20OP/c1-12(13-8-4-2-5-9-13)16(15)14-10-6-3-7-11-14/h3,6-7,10-13H,2,4-5,8-9H2,1H3. The van der Waals surface area contributed by atoms with Crippen molar-refractivity contribution in [1.29, 1.82) is 0 Å². The normalized spacial score (nSPS) is 20.4. The largest absolute Gasteiger partial charge is 0.282 e. The highest BCUT2D eigenvalue weighted by molar-refractivity contribution is 7.54. The van der Waals surface area contributed by atoms with Gasteiger partial charge in [-0.2, -0.15) is 0 Å². The Morgan fingerprint density at radius 3 is 2.38 bits per heavy atom. The number of hydrogen-bond donors (Lipinski definition) is 0. The van der Waals surface area contributed by atoms with Crippen LogP contribution in [0.4, 0.5) is 0 Å². The lowest BCUT2D eigenvalue weighted by atomic mass is 9.87. The van der Waals surface area contributed by atoms with Crippen LogP contribution < -0.4 is 5.30 Å². The molecule has 0 spiro atoms. The third kappa shape index (κ3) is 2.71. The SMILES string of the molecule is CC(C1CCCCC1)[P](=O)c1ccccc1. The monoisotopic (exact) mass is 235 g/mol. The molecule has 0 amide bonds. The Hall–Kier alpha value is -0.680. The number of rotatable bonds is 3. The van der Waals surface area contributed by atoms with E-state index in [4.69, 9.17) is 0 Å². The summed E-state index contributed by atoms with van der Waals surface area (Å²) in [6, 6.07) is 9.94. The van der Waals surface area contributed by atoms with Crippen molar-refractivity contribution < 1.29 is 4.57 Å². The lowest BCUT2D eigenvalue weighted by molar-refractivity contribution is 0.351. The smallest absolute Gasteiger partial charge is 0.107 e. The summed E-state index contributed by atoms with van der Waals surface area (Å²) in [5.74, 6) is 0.678. The van der Waals surface area contributed by atoms with Gasteiger partial charge in [0.25, 0.3) is 0 Å². The van der Waals surface area contributed by atoms with Crippen molar-refractivity contribution in [2.75, 3.05) is 0 Å². The molecule has 1 aromatic rings. The van der Waals surface area contributed by atoms with Gasteiger partial charge in [-0.3, -0.25) is 4.57 Å². The molecule has 1 aliphatic rings. The fourth-order valence-electron chi connectivity index (χ4n) is 2.62. The van der Waals surface area contributed by atoms with Crippen LogP contribution in [0.5, 0.6) is 0 Å². The van der Waals surface area contributed by atoms with Crippen LogP contribution in [0, 0.1) is 5.92 Å². The molecule has 0 bridgehead atoms. The van der Waals surface area contributed by atoms with E-state index in [0.29, 0.717) is 11.6 Å². The summed E-state index contributed by atoms with van der Waals surface area (Å²) in [6.07, 6.45) is 6.56.